The first-order valence-electron chi connectivity index (χ1n) is 7.77. The highest BCUT2D eigenvalue weighted by atomic mass is 16.7. The Bertz CT molecular complexity index is 794. The summed E-state index contributed by atoms with van der Waals surface area (Å²) >= 11 is 0. The van der Waals surface area contributed by atoms with Crippen molar-refractivity contribution in [1.82, 2.24) is 0 Å². The molecule has 0 saturated heterocycles. The lowest BCUT2D eigenvalue weighted by atomic mass is 9.83. The van der Waals surface area contributed by atoms with Gasteiger partial charge in [-0.2, -0.15) is 0 Å². The first-order valence-corrected chi connectivity index (χ1v) is 7.77. The Morgan fingerprint density at radius 1 is 1.04 bits per heavy atom. The van der Waals surface area contributed by atoms with Gasteiger partial charge in [-0.1, -0.05) is 36.4 Å². The number of benzene rings is 2. The molecule has 1 aliphatic rings. The Labute approximate surface area is 150 Å². The highest BCUT2D eigenvalue weighted by molar-refractivity contribution is 5.64. The summed E-state index contributed by atoms with van der Waals surface area (Å²) in [6.07, 6.45) is -0.153. The molecule has 0 bridgehead atoms. The van der Waals surface area contributed by atoms with E-state index < -0.39 is 11.8 Å². The maximum absolute atomic E-state index is 11.7. The van der Waals surface area contributed by atoms with Gasteiger partial charge in [0.15, 0.2) is 5.76 Å². The van der Waals surface area contributed by atoms with Crippen LogP contribution in [-0.2, 0) is 19.8 Å². The molecule has 7 heteroatoms. The molecule has 0 aromatic heterocycles. The van der Waals surface area contributed by atoms with E-state index in [1.807, 2.05) is 6.07 Å². The normalized spacial score (nSPS) is 15.1. The van der Waals surface area contributed by atoms with E-state index in [-0.39, 0.29) is 12.6 Å². The molecule has 0 spiro atoms. The summed E-state index contributed by atoms with van der Waals surface area (Å²) in [4.78, 5) is 11.7. The van der Waals surface area contributed by atoms with Gasteiger partial charge in [0.2, 0.25) is 12.4 Å². The van der Waals surface area contributed by atoms with Crippen LogP contribution in [0.2, 0.25) is 0 Å². The third-order valence-electron chi connectivity index (χ3n) is 4.02. The molecule has 1 heterocycles. The number of carbonyl (C=O) groups is 1. The second-order valence-corrected chi connectivity index (χ2v) is 5.36. The van der Waals surface area contributed by atoms with Crippen molar-refractivity contribution in [1.29, 1.82) is 0 Å². The number of carboxylic acid groups (broad SMARTS) is 1. The maximum Gasteiger partial charge on any atom is 0.507 e. The van der Waals surface area contributed by atoms with Crippen LogP contribution >= 0.6 is 0 Å². The highest BCUT2D eigenvalue weighted by Crippen LogP contribution is 2.49. The summed E-state index contributed by atoms with van der Waals surface area (Å²) in [5.41, 5.74) is -0.793. The van der Waals surface area contributed by atoms with E-state index in [9.17, 15) is 9.90 Å². The zero-order valence-corrected chi connectivity index (χ0v) is 14.3. The maximum atomic E-state index is 11.7. The lowest BCUT2D eigenvalue weighted by Crippen LogP contribution is -2.37. The van der Waals surface area contributed by atoms with Gasteiger partial charge in [-0.3, -0.25) is 0 Å². The van der Waals surface area contributed by atoms with Gasteiger partial charge in [0.05, 0.1) is 19.8 Å². The van der Waals surface area contributed by atoms with Crippen LogP contribution in [0.4, 0.5) is 4.79 Å². The van der Waals surface area contributed by atoms with Crippen LogP contribution in [0.15, 0.2) is 60.6 Å². The van der Waals surface area contributed by atoms with Crippen molar-refractivity contribution in [2.45, 2.75) is 5.60 Å². The van der Waals surface area contributed by atoms with Crippen LogP contribution in [0.3, 0.4) is 0 Å². The van der Waals surface area contributed by atoms with E-state index in [4.69, 9.17) is 23.7 Å². The van der Waals surface area contributed by atoms with E-state index in [1.165, 1.54) is 20.5 Å². The van der Waals surface area contributed by atoms with Crippen LogP contribution in [0, 0.1) is 0 Å². The molecule has 7 nitrogen and oxygen atoms in total. The average molecular weight is 358 g/mol. The van der Waals surface area contributed by atoms with E-state index >= 15 is 0 Å². The number of hydrogen-bond donors (Lipinski definition) is 1. The van der Waals surface area contributed by atoms with Crippen molar-refractivity contribution >= 4 is 6.16 Å². The Balaban J connectivity index is 2.39. The van der Waals surface area contributed by atoms with Gasteiger partial charge >= 0.3 is 6.16 Å². The molecular formula is C19H18O7. The predicted octanol–water partition coefficient (Wildman–Crippen LogP) is 3.49. The first kappa shape index (κ1) is 17.5. The molecule has 1 unspecified atom stereocenters. The number of rotatable bonds is 6. The zero-order valence-electron chi connectivity index (χ0n) is 14.3. The molecule has 2 aromatic rings. The van der Waals surface area contributed by atoms with Crippen LogP contribution < -0.4 is 9.47 Å². The van der Waals surface area contributed by atoms with Crippen molar-refractivity contribution in [3.63, 3.8) is 0 Å². The van der Waals surface area contributed by atoms with Crippen LogP contribution in [-0.4, -0.2) is 32.3 Å². The standard InChI is InChI=1S/C19H18O7/c1-22-14-9-6-10-15(23-2)17(14)19(26-18(20)21,16-11-24-12-25-16)13-7-4-3-5-8-13/h3-11H,12H2,1-2H3,(H,20,21). The zero-order chi connectivity index (χ0) is 18.6. The van der Waals surface area contributed by atoms with Gasteiger partial charge in [-0.25, -0.2) is 4.79 Å². The van der Waals surface area contributed by atoms with Gasteiger partial charge in [0, 0.05) is 5.56 Å². The minimum atomic E-state index is -1.67. The molecule has 1 aliphatic heterocycles. The lowest BCUT2D eigenvalue weighted by molar-refractivity contribution is -0.0204. The Morgan fingerprint density at radius 2 is 1.69 bits per heavy atom. The van der Waals surface area contributed by atoms with Crippen LogP contribution in [0.5, 0.6) is 11.5 Å². The molecule has 0 fully saturated rings. The summed E-state index contributed by atoms with van der Waals surface area (Å²) in [6, 6.07) is 13.9. The van der Waals surface area contributed by atoms with E-state index in [0.717, 1.165) is 0 Å². The fourth-order valence-electron chi connectivity index (χ4n) is 3.00. The van der Waals surface area contributed by atoms with E-state index in [0.29, 0.717) is 22.6 Å². The summed E-state index contributed by atoms with van der Waals surface area (Å²) < 4.78 is 27.2. The molecule has 2 aromatic carbocycles. The molecule has 0 amide bonds. The summed E-state index contributed by atoms with van der Waals surface area (Å²) in [5, 5.41) is 9.53. The lowest BCUT2D eigenvalue weighted by Gasteiger charge is -2.34. The Kier molecular flexibility index (Phi) is 4.88. The highest BCUT2D eigenvalue weighted by Gasteiger charge is 2.50. The molecule has 1 atom stereocenters. The minimum absolute atomic E-state index is 0.0512. The predicted molar refractivity (Wildman–Crippen MR) is 91.0 cm³/mol. The summed E-state index contributed by atoms with van der Waals surface area (Å²) in [5.74, 6) is 0.936. The molecule has 0 radical (unpaired) electrons. The van der Waals surface area contributed by atoms with Gasteiger partial charge in [0.1, 0.15) is 17.8 Å². The average Bonchev–Trinajstić information content (AvgIpc) is 3.21. The van der Waals surface area contributed by atoms with Crippen LogP contribution in [0.25, 0.3) is 0 Å². The van der Waals surface area contributed by atoms with Gasteiger partial charge in [0.25, 0.3) is 0 Å². The second-order valence-electron chi connectivity index (χ2n) is 5.36. The van der Waals surface area contributed by atoms with Crippen molar-refractivity contribution in [3.05, 3.63) is 71.7 Å². The number of methoxy groups -OCH3 is 2. The molecular weight excluding hydrogens is 340 g/mol. The fraction of sp³-hybridized carbons (Fsp3) is 0.211. The molecule has 26 heavy (non-hydrogen) atoms. The summed E-state index contributed by atoms with van der Waals surface area (Å²) in [7, 11) is 2.96. The topological polar surface area (TPSA) is 83.5 Å². The van der Waals surface area contributed by atoms with Crippen LogP contribution in [0.1, 0.15) is 11.1 Å². The van der Waals surface area contributed by atoms with Gasteiger partial charge < -0.3 is 28.8 Å². The molecule has 1 N–H and O–H groups in total. The van der Waals surface area contributed by atoms with Crippen molar-refractivity contribution in [2.75, 3.05) is 21.0 Å². The fourth-order valence-corrected chi connectivity index (χ4v) is 3.00. The monoisotopic (exact) mass is 358 g/mol. The minimum Gasteiger partial charge on any atom is -0.496 e. The molecule has 3 rings (SSSR count). The quantitative estimate of drug-likeness (QED) is 0.791. The van der Waals surface area contributed by atoms with Gasteiger partial charge in [-0.05, 0) is 12.1 Å². The molecule has 136 valence electrons. The Hall–Kier alpha value is -3.35. The van der Waals surface area contributed by atoms with E-state index in [2.05, 4.69) is 0 Å². The van der Waals surface area contributed by atoms with Crippen molar-refractivity contribution in [2.24, 2.45) is 0 Å². The SMILES string of the molecule is COc1cccc(OC)c1C(OC(=O)O)(C1=COCO1)c1ccccc1. The number of hydrogen-bond acceptors (Lipinski definition) is 6. The second kappa shape index (κ2) is 7.26. The van der Waals surface area contributed by atoms with Gasteiger partial charge in [-0.15, -0.1) is 0 Å². The summed E-state index contributed by atoms with van der Waals surface area (Å²) in [6.45, 7) is -0.0512. The van der Waals surface area contributed by atoms with E-state index in [1.54, 1.807) is 42.5 Å². The smallest absolute Gasteiger partial charge is 0.496 e. The first-order chi connectivity index (χ1) is 12.6. The Morgan fingerprint density at radius 3 is 2.19 bits per heavy atom. The molecule has 0 aliphatic carbocycles. The largest absolute Gasteiger partial charge is 0.507 e. The molecule has 0 saturated carbocycles. The third-order valence-corrected chi connectivity index (χ3v) is 4.02. The number of ether oxygens (including phenoxy) is 5. The van der Waals surface area contributed by atoms with Crippen molar-refractivity contribution in [3.8, 4) is 11.5 Å². The van der Waals surface area contributed by atoms with Crippen molar-refractivity contribution < 1.29 is 33.6 Å². The third kappa shape index (κ3) is 2.88.